The maximum atomic E-state index is 10.5. The smallest absolute Gasteiger partial charge is 0.0771 e. The van der Waals surface area contributed by atoms with Crippen molar-refractivity contribution in [3.63, 3.8) is 0 Å². The van der Waals surface area contributed by atoms with Gasteiger partial charge in [0.05, 0.1) is 18.3 Å². The Kier molecular flexibility index (Phi) is 4.78. The lowest BCUT2D eigenvalue weighted by Gasteiger charge is -2.26. The second kappa shape index (κ2) is 6.34. The summed E-state index contributed by atoms with van der Waals surface area (Å²) in [4.78, 5) is 0. The third kappa shape index (κ3) is 4.10. The first-order valence-electron chi connectivity index (χ1n) is 7.10. The minimum Gasteiger partial charge on any atom is -0.389 e. The largest absolute Gasteiger partial charge is 0.389 e. The van der Waals surface area contributed by atoms with E-state index in [9.17, 15) is 5.11 Å². The van der Waals surface area contributed by atoms with Gasteiger partial charge in [-0.15, -0.1) is 0 Å². The summed E-state index contributed by atoms with van der Waals surface area (Å²) in [7, 11) is 0. The van der Waals surface area contributed by atoms with Crippen LogP contribution in [0.15, 0.2) is 12.4 Å². The van der Waals surface area contributed by atoms with Crippen molar-refractivity contribution >= 4 is 0 Å². The van der Waals surface area contributed by atoms with Crippen LogP contribution in [0.5, 0.6) is 0 Å². The molecule has 1 aromatic heterocycles. The topological polar surface area (TPSA) is 50.1 Å². The molecule has 0 aliphatic heterocycles. The van der Waals surface area contributed by atoms with Gasteiger partial charge in [-0.3, -0.25) is 4.68 Å². The highest BCUT2D eigenvalue weighted by Crippen LogP contribution is 2.26. The molecule has 1 aromatic rings. The molecule has 0 amide bonds. The molecule has 102 valence electrons. The van der Waals surface area contributed by atoms with Crippen molar-refractivity contribution in [1.29, 1.82) is 0 Å². The van der Waals surface area contributed by atoms with Crippen molar-refractivity contribution < 1.29 is 5.11 Å². The molecule has 1 aliphatic carbocycles. The van der Waals surface area contributed by atoms with Gasteiger partial charge in [0.2, 0.25) is 0 Å². The molecule has 1 fully saturated rings. The quantitative estimate of drug-likeness (QED) is 0.620. The van der Waals surface area contributed by atoms with E-state index in [0.29, 0.717) is 6.54 Å². The summed E-state index contributed by atoms with van der Waals surface area (Å²) in [6, 6.07) is 0. The first kappa shape index (κ1) is 13.6. The van der Waals surface area contributed by atoms with E-state index < -0.39 is 5.60 Å². The fourth-order valence-corrected chi connectivity index (χ4v) is 2.67. The van der Waals surface area contributed by atoms with E-state index in [1.165, 1.54) is 18.4 Å². The van der Waals surface area contributed by atoms with Crippen LogP contribution in [0.3, 0.4) is 0 Å². The highest BCUT2D eigenvalue weighted by atomic mass is 16.3. The molecule has 0 radical (unpaired) electrons. The summed E-state index contributed by atoms with van der Waals surface area (Å²) in [6.07, 6.45) is 10.7. The summed E-state index contributed by atoms with van der Waals surface area (Å²) < 4.78 is 1.94. The van der Waals surface area contributed by atoms with Gasteiger partial charge in [-0.05, 0) is 25.3 Å². The van der Waals surface area contributed by atoms with Crippen LogP contribution in [0.2, 0.25) is 0 Å². The van der Waals surface area contributed by atoms with Crippen molar-refractivity contribution in [1.82, 2.24) is 15.1 Å². The summed E-state index contributed by atoms with van der Waals surface area (Å²) in [5.41, 5.74) is 0.716. The Hall–Kier alpha value is -0.870. The monoisotopic (exact) mass is 251 g/mol. The van der Waals surface area contributed by atoms with Crippen LogP contribution >= 0.6 is 0 Å². The highest BCUT2D eigenvalue weighted by Gasteiger charge is 2.27. The zero-order valence-corrected chi connectivity index (χ0v) is 11.4. The van der Waals surface area contributed by atoms with Gasteiger partial charge in [0.15, 0.2) is 0 Å². The first-order chi connectivity index (χ1) is 8.68. The number of nitrogens with zero attached hydrogens (tertiary/aromatic N) is 2. The molecule has 0 unspecified atom stereocenters. The van der Waals surface area contributed by atoms with E-state index in [2.05, 4.69) is 10.4 Å². The van der Waals surface area contributed by atoms with E-state index in [1.807, 2.05) is 24.0 Å². The van der Waals surface area contributed by atoms with E-state index >= 15 is 0 Å². The molecule has 4 nitrogen and oxygen atoms in total. The number of aromatic nitrogens is 2. The summed E-state index contributed by atoms with van der Waals surface area (Å²) in [5, 5.41) is 18.1. The van der Waals surface area contributed by atoms with Crippen LogP contribution in [0.1, 0.15) is 44.1 Å². The molecular weight excluding hydrogens is 226 g/mol. The second-order valence-corrected chi connectivity index (χ2v) is 5.60. The number of hydrogen-bond acceptors (Lipinski definition) is 3. The van der Waals surface area contributed by atoms with Crippen molar-refractivity contribution in [3.8, 4) is 0 Å². The Labute approximate surface area is 109 Å². The predicted molar refractivity (Wildman–Crippen MR) is 72.5 cm³/mol. The first-order valence-corrected chi connectivity index (χ1v) is 7.10. The van der Waals surface area contributed by atoms with E-state index in [1.54, 1.807) is 0 Å². The zero-order chi connectivity index (χ0) is 12.8. The summed E-state index contributed by atoms with van der Waals surface area (Å²) in [6.45, 7) is 4.49. The van der Waals surface area contributed by atoms with Crippen LogP contribution < -0.4 is 5.32 Å². The second-order valence-electron chi connectivity index (χ2n) is 5.60. The van der Waals surface area contributed by atoms with Crippen molar-refractivity contribution in [2.75, 3.05) is 13.1 Å². The number of hydrogen-bond donors (Lipinski definition) is 2. The van der Waals surface area contributed by atoms with Gasteiger partial charge in [-0.25, -0.2) is 0 Å². The van der Waals surface area contributed by atoms with Crippen LogP contribution in [0.4, 0.5) is 0 Å². The molecule has 1 aliphatic rings. The van der Waals surface area contributed by atoms with Crippen molar-refractivity contribution in [2.45, 2.75) is 57.6 Å². The van der Waals surface area contributed by atoms with Crippen molar-refractivity contribution in [3.05, 3.63) is 18.0 Å². The van der Waals surface area contributed by atoms with Gasteiger partial charge in [0, 0.05) is 19.3 Å². The third-order valence-electron chi connectivity index (χ3n) is 3.77. The average Bonchev–Trinajstić information content (AvgIpc) is 2.63. The van der Waals surface area contributed by atoms with Crippen LogP contribution in [-0.2, 0) is 6.54 Å². The minimum atomic E-state index is -0.476. The zero-order valence-electron chi connectivity index (χ0n) is 11.4. The number of rotatable bonds is 5. The van der Waals surface area contributed by atoms with Gasteiger partial charge >= 0.3 is 0 Å². The number of aryl methyl sites for hydroxylation is 1. The summed E-state index contributed by atoms with van der Waals surface area (Å²) in [5.74, 6) is 0. The minimum absolute atomic E-state index is 0.476. The van der Waals surface area contributed by atoms with E-state index in [0.717, 1.165) is 38.8 Å². The molecule has 0 atom stereocenters. The Morgan fingerprint density at radius 3 is 2.67 bits per heavy atom. The highest BCUT2D eigenvalue weighted by molar-refractivity contribution is 4.99. The third-order valence-corrected chi connectivity index (χ3v) is 3.77. The van der Waals surface area contributed by atoms with Gasteiger partial charge in [-0.1, -0.05) is 25.7 Å². The van der Waals surface area contributed by atoms with E-state index in [4.69, 9.17) is 0 Å². The molecule has 0 spiro atoms. The fourth-order valence-electron chi connectivity index (χ4n) is 2.67. The lowest BCUT2D eigenvalue weighted by atomic mass is 9.94. The molecule has 0 aromatic carbocycles. The summed E-state index contributed by atoms with van der Waals surface area (Å²) >= 11 is 0. The molecule has 1 heterocycles. The predicted octanol–water partition coefficient (Wildman–Crippen LogP) is 1.87. The van der Waals surface area contributed by atoms with Crippen LogP contribution in [-0.4, -0.2) is 33.6 Å². The lowest BCUT2D eigenvalue weighted by molar-refractivity contribution is 0.0253. The molecule has 2 N–H and O–H groups in total. The SMILES string of the molecule is Cc1cnn(CCNCC2(O)CCCCCC2)c1. The van der Waals surface area contributed by atoms with Crippen LogP contribution in [0.25, 0.3) is 0 Å². The van der Waals surface area contributed by atoms with Gasteiger partial charge in [0.1, 0.15) is 0 Å². The molecule has 18 heavy (non-hydrogen) atoms. The Morgan fingerprint density at radius 2 is 2.06 bits per heavy atom. The molecule has 2 rings (SSSR count). The molecule has 0 bridgehead atoms. The van der Waals surface area contributed by atoms with Gasteiger partial charge < -0.3 is 10.4 Å². The Morgan fingerprint density at radius 1 is 1.33 bits per heavy atom. The van der Waals surface area contributed by atoms with Crippen LogP contribution in [0, 0.1) is 6.92 Å². The Bertz CT molecular complexity index is 354. The van der Waals surface area contributed by atoms with Gasteiger partial charge in [0.25, 0.3) is 0 Å². The average molecular weight is 251 g/mol. The normalized spacial score (nSPS) is 19.7. The molecule has 1 saturated carbocycles. The Balaban J connectivity index is 1.67. The van der Waals surface area contributed by atoms with Crippen molar-refractivity contribution in [2.24, 2.45) is 0 Å². The number of aliphatic hydroxyl groups is 1. The molecule has 4 heteroatoms. The molecular formula is C14H25N3O. The van der Waals surface area contributed by atoms with E-state index in [-0.39, 0.29) is 0 Å². The maximum Gasteiger partial charge on any atom is 0.0771 e. The standard InChI is InChI=1S/C14H25N3O/c1-13-10-16-17(11-13)9-8-15-12-14(18)6-4-2-3-5-7-14/h10-11,15,18H,2-9,12H2,1H3. The van der Waals surface area contributed by atoms with Gasteiger partial charge in [-0.2, -0.15) is 5.10 Å². The lowest BCUT2D eigenvalue weighted by Crippen LogP contribution is -2.41. The molecule has 0 saturated heterocycles. The fraction of sp³-hybridized carbons (Fsp3) is 0.786. The maximum absolute atomic E-state index is 10.5. The number of nitrogens with one attached hydrogen (secondary N) is 1.